The zero-order chi connectivity index (χ0) is 15.4. The molecule has 0 aliphatic heterocycles. The van der Waals surface area contributed by atoms with Gasteiger partial charge in [-0.05, 0) is 32.0 Å². The molecule has 5 heteroatoms. The van der Waals surface area contributed by atoms with Crippen LogP contribution in [-0.4, -0.2) is 13.1 Å². The first kappa shape index (κ1) is 15.3. The monoisotopic (exact) mass is 291 g/mol. The molecule has 0 spiro atoms. The van der Waals surface area contributed by atoms with Gasteiger partial charge in [0.2, 0.25) is 0 Å². The van der Waals surface area contributed by atoms with Gasteiger partial charge >= 0.3 is 5.97 Å². The molecule has 0 bridgehead atoms. The minimum Gasteiger partial charge on any atom is -0.468 e. The predicted octanol–water partition coefficient (Wildman–Crippen LogP) is 3.29. The van der Waals surface area contributed by atoms with Crippen molar-refractivity contribution in [3.8, 4) is 0 Å². The van der Waals surface area contributed by atoms with E-state index in [-0.39, 0.29) is 11.6 Å². The van der Waals surface area contributed by atoms with E-state index < -0.39 is 17.8 Å². The average molecular weight is 291 g/mol. The second kappa shape index (κ2) is 6.54. The number of aryl methyl sites for hydroxylation is 1. The van der Waals surface area contributed by atoms with E-state index in [0.29, 0.717) is 5.76 Å². The molecule has 2 aromatic rings. The molecule has 1 aromatic heterocycles. The molecule has 1 N–H and O–H groups in total. The summed E-state index contributed by atoms with van der Waals surface area (Å²) in [6, 6.07) is 8.63. The lowest BCUT2D eigenvalue weighted by Gasteiger charge is -2.21. The van der Waals surface area contributed by atoms with E-state index in [2.05, 4.69) is 5.32 Å². The lowest BCUT2D eigenvalue weighted by atomic mass is 10.0. The molecule has 0 saturated heterocycles. The Bertz CT molecular complexity index is 623. The van der Waals surface area contributed by atoms with E-state index >= 15 is 0 Å². The van der Waals surface area contributed by atoms with Crippen LogP contribution >= 0.6 is 0 Å². The normalized spacial score (nSPS) is 13.7. The number of benzene rings is 1. The Morgan fingerprint density at radius 2 is 2.00 bits per heavy atom. The van der Waals surface area contributed by atoms with Gasteiger partial charge in [-0.25, -0.2) is 9.18 Å². The van der Waals surface area contributed by atoms with Crippen LogP contribution in [0, 0.1) is 12.7 Å². The third-order valence-electron chi connectivity index (χ3n) is 3.26. The lowest BCUT2D eigenvalue weighted by Crippen LogP contribution is -2.32. The number of carbonyl (C=O) groups excluding carboxylic acids is 1. The molecule has 0 saturated carbocycles. The largest absolute Gasteiger partial charge is 0.468 e. The first-order valence-electron chi connectivity index (χ1n) is 6.67. The number of ether oxygens (including phenoxy) is 1. The van der Waals surface area contributed by atoms with Crippen LogP contribution in [0.5, 0.6) is 0 Å². The number of furan rings is 1. The maximum absolute atomic E-state index is 13.9. The van der Waals surface area contributed by atoms with Gasteiger partial charge < -0.3 is 9.15 Å². The number of rotatable bonds is 5. The van der Waals surface area contributed by atoms with Crippen LogP contribution in [0.25, 0.3) is 0 Å². The molecule has 0 radical (unpaired) electrons. The number of nitrogens with one attached hydrogen (secondary N) is 1. The number of halogens is 1. The Balaban J connectivity index is 2.25. The van der Waals surface area contributed by atoms with Gasteiger partial charge in [-0.2, -0.15) is 0 Å². The molecular weight excluding hydrogens is 273 g/mol. The fourth-order valence-electron chi connectivity index (χ4n) is 2.13. The molecule has 0 aliphatic carbocycles. The molecule has 1 heterocycles. The van der Waals surface area contributed by atoms with Gasteiger partial charge in [-0.15, -0.1) is 0 Å². The summed E-state index contributed by atoms with van der Waals surface area (Å²) in [7, 11) is 1.28. The zero-order valence-corrected chi connectivity index (χ0v) is 12.2. The summed E-state index contributed by atoms with van der Waals surface area (Å²) in [5.74, 6) is 0.454. The smallest absolute Gasteiger partial charge is 0.327 e. The number of esters is 1. The number of methoxy groups -OCH3 is 1. The van der Waals surface area contributed by atoms with Crippen LogP contribution in [0.3, 0.4) is 0 Å². The number of hydrogen-bond acceptors (Lipinski definition) is 4. The van der Waals surface area contributed by atoms with Crippen molar-refractivity contribution in [2.75, 3.05) is 7.11 Å². The van der Waals surface area contributed by atoms with Crippen molar-refractivity contribution < 1.29 is 18.3 Å². The second-order valence-electron chi connectivity index (χ2n) is 4.81. The SMILES string of the molecule is COC(=O)[C@@H](N[C@@H](C)c1ccc(C)o1)c1ccccc1F. The topological polar surface area (TPSA) is 51.5 Å². The van der Waals surface area contributed by atoms with Crippen molar-refractivity contribution >= 4 is 5.97 Å². The molecule has 112 valence electrons. The van der Waals surface area contributed by atoms with E-state index in [1.54, 1.807) is 18.2 Å². The van der Waals surface area contributed by atoms with Crippen molar-refractivity contribution in [1.82, 2.24) is 5.32 Å². The van der Waals surface area contributed by atoms with Gasteiger partial charge in [0.25, 0.3) is 0 Å². The van der Waals surface area contributed by atoms with E-state index in [1.165, 1.54) is 13.2 Å². The number of carbonyl (C=O) groups is 1. The Hall–Kier alpha value is -2.14. The zero-order valence-electron chi connectivity index (χ0n) is 12.2. The number of hydrogen-bond donors (Lipinski definition) is 1. The molecule has 0 amide bonds. The van der Waals surface area contributed by atoms with Crippen LogP contribution in [0.1, 0.15) is 36.1 Å². The summed E-state index contributed by atoms with van der Waals surface area (Å²) in [4.78, 5) is 12.0. The summed E-state index contributed by atoms with van der Waals surface area (Å²) >= 11 is 0. The third kappa shape index (κ3) is 3.49. The molecule has 1 aromatic carbocycles. The standard InChI is InChI=1S/C16H18FNO3/c1-10-8-9-14(21-10)11(2)18-15(16(19)20-3)12-6-4-5-7-13(12)17/h4-9,11,15,18H,1-3H3/t11-,15-/m0/s1. The predicted molar refractivity (Wildman–Crippen MR) is 76.2 cm³/mol. The Labute approximate surface area is 122 Å². The highest BCUT2D eigenvalue weighted by atomic mass is 19.1. The van der Waals surface area contributed by atoms with Crippen LogP contribution in [-0.2, 0) is 9.53 Å². The molecule has 2 rings (SSSR count). The minimum atomic E-state index is -0.892. The van der Waals surface area contributed by atoms with Gasteiger partial charge in [0, 0.05) is 5.56 Å². The van der Waals surface area contributed by atoms with E-state index in [9.17, 15) is 9.18 Å². The van der Waals surface area contributed by atoms with Crippen molar-refractivity contribution in [3.05, 3.63) is 59.3 Å². The van der Waals surface area contributed by atoms with Crippen LogP contribution in [0.4, 0.5) is 4.39 Å². The van der Waals surface area contributed by atoms with E-state index in [0.717, 1.165) is 5.76 Å². The molecule has 4 nitrogen and oxygen atoms in total. The first-order chi connectivity index (χ1) is 10.0. The molecule has 0 aliphatic rings. The molecule has 0 unspecified atom stereocenters. The molecule has 2 atom stereocenters. The van der Waals surface area contributed by atoms with Crippen molar-refractivity contribution in [1.29, 1.82) is 0 Å². The van der Waals surface area contributed by atoms with Gasteiger partial charge in [-0.1, -0.05) is 18.2 Å². The van der Waals surface area contributed by atoms with Crippen LogP contribution in [0.2, 0.25) is 0 Å². The highest BCUT2D eigenvalue weighted by Gasteiger charge is 2.27. The van der Waals surface area contributed by atoms with Gasteiger partial charge in [0.15, 0.2) is 0 Å². The molecule has 21 heavy (non-hydrogen) atoms. The maximum Gasteiger partial charge on any atom is 0.327 e. The van der Waals surface area contributed by atoms with E-state index in [1.807, 2.05) is 26.0 Å². The minimum absolute atomic E-state index is 0.250. The molecule has 0 fully saturated rings. The van der Waals surface area contributed by atoms with Gasteiger partial charge in [0.1, 0.15) is 23.4 Å². The first-order valence-corrected chi connectivity index (χ1v) is 6.67. The lowest BCUT2D eigenvalue weighted by molar-refractivity contribution is -0.143. The summed E-state index contributed by atoms with van der Waals surface area (Å²) in [6.45, 7) is 3.68. The van der Waals surface area contributed by atoms with Gasteiger partial charge in [-0.3, -0.25) is 5.32 Å². The van der Waals surface area contributed by atoms with Crippen molar-refractivity contribution in [3.63, 3.8) is 0 Å². The van der Waals surface area contributed by atoms with Crippen LogP contribution in [0.15, 0.2) is 40.8 Å². The quantitative estimate of drug-likeness (QED) is 0.859. The maximum atomic E-state index is 13.9. The fraction of sp³-hybridized carbons (Fsp3) is 0.312. The van der Waals surface area contributed by atoms with Crippen molar-refractivity contribution in [2.24, 2.45) is 0 Å². The highest BCUT2D eigenvalue weighted by molar-refractivity contribution is 5.77. The second-order valence-corrected chi connectivity index (χ2v) is 4.81. The Kier molecular flexibility index (Phi) is 4.75. The highest BCUT2D eigenvalue weighted by Crippen LogP contribution is 2.23. The summed E-state index contributed by atoms with van der Waals surface area (Å²) in [5, 5.41) is 3.05. The Morgan fingerprint density at radius 3 is 2.57 bits per heavy atom. The summed E-state index contributed by atoms with van der Waals surface area (Å²) in [5.41, 5.74) is 0.250. The fourth-order valence-corrected chi connectivity index (χ4v) is 2.13. The molecular formula is C16H18FNO3. The van der Waals surface area contributed by atoms with Crippen molar-refractivity contribution in [2.45, 2.75) is 25.9 Å². The summed E-state index contributed by atoms with van der Waals surface area (Å²) < 4.78 is 24.2. The van der Waals surface area contributed by atoms with Crippen LogP contribution < -0.4 is 5.32 Å². The van der Waals surface area contributed by atoms with E-state index in [4.69, 9.17) is 9.15 Å². The summed E-state index contributed by atoms with van der Waals surface area (Å²) in [6.07, 6.45) is 0. The van der Waals surface area contributed by atoms with Gasteiger partial charge in [0.05, 0.1) is 13.2 Å². The average Bonchev–Trinajstić information content (AvgIpc) is 2.91. The third-order valence-corrected chi connectivity index (χ3v) is 3.26. The Morgan fingerprint density at radius 1 is 1.29 bits per heavy atom.